The van der Waals surface area contributed by atoms with Gasteiger partial charge in [0.25, 0.3) is 0 Å². The van der Waals surface area contributed by atoms with Gasteiger partial charge >= 0.3 is 6.03 Å². The third-order valence-corrected chi connectivity index (χ3v) is 5.49. The molecule has 32 heavy (non-hydrogen) atoms. The predicted octanol–water partition coefficient (Wildman–Crippen LogP) is 2.60. The van der Waals surface area contributed by atoms with Gasteiger partial charge in [-0.2, -0.15) is 5.10 Å². The molecule has 0 saturated carbocycles. The molecule has 0 aliphatic carbocycles. The Bertz CT molecular complexity index is 1140. The summed E-state index contributed by atoms with van der Waals surface area (Å²) in [4.78, 5) is 28.2. The zero-order valence-corrected chi connectivity index (χ0v) is 18.5. The highest BCUT2D eigenvalue weighted by molar-refractivity contribution is 5.82. The van der Waals surface area contributed by atoms with Gasteiger partial charge in [0.1, 0.15) is 5.75 Å². The van der Waals surface area contributed by atoms with Crippen LogP contribution in [-0.4, -0.2) is 52.2 Å². The number of primary amides is 1. The fraction of sp³-hybridized carbons (Fsp3) is 0.318. The van der Waals surface area contributed by atoms with E-state index in [0.717, 1.165) is 29.1 Å². The van der Waals surface area contributed by atoms with Gasteiger partial charge in [0, 0.05) is 36.6 Å². The molecule has 1 aliphatic rings. The Labute approximate surface area is 186 Å². The van der Waals surface area contributed by atoms with E-state index in [1.165, 1.54) is 0 Å². The number of benzene rings is 1. The molecule has 0 radical (unpaired) electrons. The van der Waals surface area contributed by atoms with Crippen molar-refractivity contribution < 1.29 is 14.3 Å². The SMILES string of the molecule is CCC1(C)C=NN(C)C1c1ccn2cc(-c3cccc(OC)c3)nc2n1.NC(=O)NC=O. The topological polar surface area (TPSA) is 127 Å². The van der Waals surface area contributed by atoms with Crippen LogP contribution in [0.2, 0.25) is 0 Å². The van der Waals surface area contributed by atoms with Crippen LogP contribution in [0.3, 0.4) is 0 Å². The molecule has 0 spiro atoms. The first-order chi connectivity index (χ1) is 15.3. The number of nitrogens with one attached hydrogen (secondary N) is 1. The fourth-order valence-electron chi connectivity index (χ4n) is 3.62. The molecule has 1 aliphatic heterocycles. The number of hydrogen-bond acceptors (Lipinski definition) is 7. The van der Waals surface area contributed by atoms with Crippen molar-refractivity contribution in [1.82, 2.24) is 24.7 Å². The second-order valence-electron chi connectivity index (χ2n) is 7.62. The average Bonchev–Trinajstić information content (AvgIpc) is 3.34. The van der Waals surface area contributed by atoms with Crippen molar-refractivity contribution in [2.75, 3.05) is 14.2 Å². The molecule has 4 rings (SSSR count). The number of imidazole rings is 1. The van der Waals surface area contributed by atoms with Crippen LogP contribution >= 0.6 is 0 Å². The summed E-state index contributed by atoms with van der Waals surface area (Å²) >= 11 is 0. The molecule has 3 aromatic rings. The Kier molecular flexibility index (Phi) is 6.72. The van der Waals surface area contributed by atoms with Crippen LogP contribution in [0.1, 0.15) is 32.0 Å². The average molecular weight is 438 g/mol. The summed E-state index contributed by atoms with van der Waals surface area (Å²) in [6, 6.07) is 9.26. The number of nitrogens with zero attached hydrogens (tertiary/aromatic N) is 5. The van der Waals surface area contributed by atoms with Gasteiger partial charge in [-0.3, -0.25) is 19.5 Å². The largest absolute Gasteiger partial charge is 0.497 e. The molecule has 10 nitrogen and oxygen atoms in total. The minimum absolute atomic E-state index is 0.0255. The van der Waals surface area contributed by atoms with Crippen molar-refractivity contribution in [1.29, 1.82) is 0 Å². The van der Waals surface area contributed by atoms with Crippen LogP contribution in [0.5, 0.6) is 5.75 Å². The number of ether oxygens (including phenoxy) is 1. The number of fused-ring (bicyclic) bond motifs is 1. The van der Waals surface area contributed by atoms with E-state index in [1.54, 1.807) is 12.4 Å². The molecule has 3 amide bonds. The maximum Gasteiger partial charge on any atom is 0.318 e. The first-order valence-electron chi connectivity index (χ1n) is 10.1. The normalized spacial score (nSPS) is 19.4. The van der Waals surface area contributed by atoms with Crippen molar-refractivity contribution in [3.05, 3.63) is 48.4 Å². The highest BCUT2D eigenvalue weighted by Gasteiger charge is 2.40. The lowest BCUT2D eigenvalue weighted by Crippen LogP contribution is -2.30. The number of urea groups is 1. The van der Waals surface area contributed by atoms with Crippen LogP contribution in [0.4, 0.5) is 4.79 Å². The zero-order valence-electron chi connectivity index (χ0n) is 18.5. The predicted molar refractivity (Wildman–Crippen MR) is 121 cm³/mol. The lowest BCUT2D eigenvalue weighted by Gasteiger charge is -2.31. The first kappa shape index (κ1) is 22.7. The lowest BCUT2D eigenvalue weighted by atomic mass is 9.80. The number of amides is 3. The summed E-state index contributed by atoms with van der Waals surface area (Å²) in [6.07, 6.45) is 7.28. The molecule has 3 N–H and O–H groups in total. The highest BCUT2D eigenvalue weighted by atomic mass is 16.5. The molecule has 0 fully saturated rings. The first-order valence-corrected chi connectivity index (χ1v) is 10.1. The van der Waals surface area contributed by atoms with Crippen molar-refractivity contribution in [2.45, 2.75) is 26.3 Å². The number of nitrogens with two attached hydrogens (primary N) is 1. The van der Waals surface area contributed by atoms with Crippen molar-refractivity contribution >= 4 is 24.4 Å². The van der Waals surface area contributed by atoms with E-state index < -0.39 is 6.03 Å². The summed E-state index contributed by atoms with van der Waals surface area (Å²) in [5, 5.41) is 8.16. The molecule has 2 atom stereocenters. The summed E-state index contributed by atoms with van der Waals surface area (Å²) in [5.74, 6) is 1.51. The Morgan fingerprint density at radius 1 is 1.34 bits per heavy atom. The number of carbonyl (C=O) groups is 2. The summed E-state index contributed by atoms with van der Waals surface area (Å²) in [5.41, 5.74) is 7.27. The van der Waals surface area contributed by atoms with E-state index >= 15 is 0 Å². The standard InChI is InChI=1S/C20H23N5O.C2H4N2O2/c1-5-20(2)13-21-24(3)18(20)16-9-10-25-12-17(23-19(25)22-16)14-7-6-8-15(11-14)26-4;3-2(6)4-1-5/h6-13,18H,5H2,1-4H3;1H,(H3,3,4,5,6). The van der Waals surface area contributed by atoms with Crippen molar-refractivity contribution in [3.8, 4) is 17.0 Å². The summed E-state index contributed by atoms with van der Waals surface area (Å²) < 4.78 is 7.27. The highest BCUT2D eigenvalue weighted by Crippen LogP contribution is 2.42. The van der Waals surface area contributed by atoms with Gasteiger partial charge in [0.15, 0.2) is 0 Å². The minimum atomic E-state index is -0.829. The molecular weight excluding hydrogens is 410 g/mol. The van der Waals surface area contributed by atoms with E-state index in [1.807, 2.05) is 59.3 Å². The van der Waals surface area contributed by atoms with Gasteiger partial charge < -0.3 is 10.5 Å². The van der Waals surface area contributed by atoms with E-state index in [0.29, 0.717) is 5.78 Å². The van der Waals surface area contributed by atoms with Gasteiger partial charge in [0.2, 0.25) is 12.2 Å². The second-order valence-corrected chi connectivity index (χ2v) is 7.62. The quantitative estimate of drug-likeness (QED) is 0.591. The molecule has 168 valence electrons. The summed E-state index contributed by atoms with van der Waals surface area (Å²) in [6.45, 7) is 4.41. The monoisotopic (exact) mass is 437 g/mol. The van der Waals surface area contributed by atoms with Crippen molar-refractivity contribution in [2.24, 2.45) is 16.3 Å². The zero-order chi connectivity index (χ0) is 23.3. The number of imide groups is 1. The van der Waals surface area contributed by atoms with Crippen LogP contribution < -0.4 is 15.8 Å². The molecule has 2 aromatic heterocycles. The Morgan fingerprint density at radius 3 is 2.75 bits per heavy atom. The van der Waals surface area contributed by atoms with Gasteiger partial charge in [-0.1, -0.05) is 26.0 Å². The van der Waals surface area contributed by atoms with Crippen molar-refractivity contribution in [3.63, 3.8) is 0 Å². The minimum Gasteiger partial charge on any atom is -0.497 e. The van der Waals surface area contributed by atoms with E-state index in [4.69, 9.17) is 14.7 Å². The Balaban J connectivity index is 0.000000427. The number of carbonyl (C=O) groups excluding carboxylic acids is 2. The third kappa shape index (κ3) is 4.69. The van der Waals surface area contributed by atoms with Gasteiger partial charge in [-0.15, -0.1) is 0 Å². The van der Waals surface area contributed by atoms with Crippen LogP contribution in [-0.2, 0) is 4.79 Å². The van der Waals surface area contributed by atoms with E-state index in [9.17, 15) is 9.59 Å². The number of methoxy groups -OCH3 is 1. The van der Waals surface area contributed by atoms with Gasteiger partial charge in [0.05, 0.1) is 24.5 Å². The molecular formula is C22H27N7O3. The smallest absolute Gasteiger partial charge is 0.318 e. The molecule has 2 unspecified atom stereocenters. The summed E-state index contributed by atoms with van der Waals surface area (Å²) in [7, 11) is 3.67. The molecule has 0 saturated heterocycles. The lowest BCUT2D eigenvalue weighted by molar-refractivity contribution is -0.108. The fourth-order valence-corrected chi connectivity index (χ4v) is 3.62. The second kappa shape index (κ2) is 9.46. The van der Waals surface area contributed by atoms with Gasteiger partial charge in [-0.05, 0) is 24.6 Å². The number of hydrazone groups is 1. The number of rotatable bonds is 5. The number of aromatic nitrogens is 3. The van der Waals surface area contributed by atoms with Gasteiger partial charge in [-0.25, -0.2) is 14.8 Å². The Morgan fingerprint density at radius 2 is 2.12 bits per heavy atom. The molecule has 10 heteroatoms. The van der Waals surface area contributed by atoms with E-state index in [2.05, 4.69) is 30.7 Å². The third-order valence-electron chi connectivity index (χ3n) is 5.49. The maximum absolute atomic E-state index is 9.48. The van der Waals surface area contributed by atoms with Crippen LogP contribution in [0, 0.1) is 5.41 Å². The van der Waals surface area contributed by atoms with E-state index in [-0.39, 0.29) is 17.9 Å². The molecule has 1 aromatic carbocycles. The number of hydrogen-bond donors (Lipinski definition) is 2. The van der Waals surface area contributed by atoms with Crippen LogP contribution in [0.15, 0.2) is 47.8 Å². The Hall–Kier alpha value is -3.95. The molecule has 0 bridgehead atoms. The van der Waals surface area contributed by atoms with Crippen LogP contribution in [0.25, 0.3) is 17.0 Å². The maximum atomic E-state index is 9.48. The molecule has 3 heterocycles.